The number of hydrogen-bond acceptors (Lipinski definition) is 4. The van der Waals surface area contributed by atoms with E-state index in [4.69, 9.17) is 11.6 Å². The molecule has 1 amide bonds. The average molecular weight is 500 g/mol. The second-order valence-corrected chi connectivity index (χ2v) is 10.8. The Labute approximate surface area is 217 Å². The molecule has 0 fully saturated rings. The third-order valence-electron chi connectivity index (χ3n) is 6.84. The number of rotatable bonds is 5. The van der Waals surface area contributed by atoms with Crippen LogP contribution in [0, 0.1) is 5.41 Å². The fourth-order valence-corrected chi connectivity index (χ4v) is 5.35. The summed E-state index contributed by atoms with van der Waals surface area (Å²) in [6, 6.07) is 25.0. The highest BCUT2D eigenvalue weighted by Crippen LogP contribution is 2.48. The Hall–Kier alpha value is -3.57. The van der Waals surface area contributed by atoms with Gasteiger partial charge in [0.1, 0.15) is 0 Å². The van der Waals surface area contributed by atoms with Crippen LogP contribution in [0.2, 0.25) is 5.02 Å². The van der Waals surface area contributed by atoms with E-state index >= 15 is 0 Å². The summed E-state index contributed by atoms with van der Waals surface area (Å²) in [5.41, 5.74) is 5.32. The van der Waals surface area contributed by atoms with Gasteiger partial charge in [0.15, 0.2) is 5.78 Å². The molecule has 184 valence electrons. The predicted molar refractivity (Wildman–Crippen MR) is 145 cm³/mol. The van der Waals surface area contributed by atoms with E-state index < -0.39 is 0 Å². The van der Waals surface area contributed by atoms with Crippen molar-refractivity contribution in [3.8, 4) is 0 Å². The van der Waals surface area contributed by atoms with Gasteiger partial charge >= 0.3 is 0 Å². The number of allylic oxidation sites excluding steroid dienone is 1. The van der Waals surface area contributed by atoms with Crippen LogP contribution in [-0.4, -0.2) is 18.2 Å². The van der Waals surface area contributed by atoms with Crippen LogP contribution in [0.15, 0.2) is 90.1 Å². The molecule has 5 rings (SSSR count). The van der Waals surface area contributed by atoms with Gasteiger partial charge < -0.3 is 15.5 Å². The number of nitrogens with one attached hydrogen (secondary N) is 2. The van der Waals surface area contributed by atoms with Gasteiger partial charge in [-0.05, 0) is 47.2 Å². The molecule has 1 heterocycles. The third-order valence-corrected chi connectivity index (χ3v) is 7.09. The van der Waals surface area contributed by atoms with Gasteiger partial charge in [-0.2, -0.15) is 0 Å². The van der Waals surface area contributed by atoms with Crippen LogP contribution in [0.1, 0.15) is 43.9 Å². The summed E-state index contributed by atoms with van der Waals surface area (Å²) >= 11 is 5.99. The Morgan fingerprint density at radius 3 is 2.44 bits per heavy atom. The molecule has 0 saturated heterocycles. The Morgan fingerprint density at radius 1 is 1.00 bits per heavy atom. The molecule has 2 N–H and O–H groups in total. The molecule has 5 nitrogen and oxygen atoms in total. The van der Waals surface area contributed by atoms with E-state index in [9.17, 15) is 9.59 Å². The number of ketones is 1. The van der Waals surface area contributed by atoms with E-state index in [0.29, 0.717) is 18.0 Å². The molecule has 0 radical (unpaired) electrons. The fraction of sp³-hybridized carbons (Fsp3) is 0.267. The molecule has 1 aliphatic carbocycles. The number of nitrogens with zero attached hydrogens (tertiary/aromatic N) is 1. The number of benzene rings is 3. The smallest absolute Gasteiger partial charge is 0.239 e. The zero-order chi connectivity index (χ0) is 25.3. The number of para-hydroxylation sites is 2. The van der Waals surface area contributed by atoms with Crippen molar-refractivity contribution in [1.82, 2.24) is 5.32 Å². The Balaban J connectivity index is 1.54. The first kappa shape index (κ1) is 24.1. The minimum Gasteiger partial charge on any atom is -0.357 e. The van der Waals surface area contributed by atoms with Crippen LogP contribution >= 0.6 is 11.6 Å². The van der Waals surface area contributed by atoms with Crippen molar-refractivity contribution >= 4 is 34.7 Å². The highest BCUT2D eigenvalue weighted by molar-refractivity contribution is 6.30. The normalized spacial score (nSPS) is 18.6. The molecular formula is C30H30ClN3O2. The number of carbonyl (C=O) groups is 2. The van der Waals surface area contributed by atoms with E-state index in [2.05, 4.69) is 29.4 Å². The van der Waals surface area contributed by atoms with E-state index in [1.807, 2.05) is 78.9 Å². The fourth-order valence-electron chi connectivity index (χ4n) is 5.22. The minimum absolute atomic E-state index is 0.110. The quantitative estimate of drug-likeness (QED) is 0.434. The first-order chi connectivity index (χ1) is 17.3. The molecule has 1 atom stereocenters. The zero-order valence-corrected chi connectivity index (χ0v) is 21.3. The Kier molecular flexibility index (Phi) is 6.59. The number of carbonyl (C=O) groups excluding carboxylic acids is 2. The van der Waals surface area contributed by atoms with Gasteiger partial charge in [0.25, 0.3) is 0 Å². The molecule has 0 spiro atoms. The van der Waals surface area contributed by atoms with Crippen molar-refractivity contribution < 1.29 is 9.59 Å². The first-order valence-electron chi connectivity index (χ1n) is 12.3. The summed E-state index contributed by atoms with van der Waals surface area (Å²) < 4.78 is 0. The summed E-state index contributed by atoms with van der Waals surface area (Å²) in [4.78, 5) is 29.0. The summed E-state index contributed by atoms with van der Waals surface area (Å²) in [6.07, 6.45) is 1.24. The molecule has 0 aromatic heterocycles. The molecule has 1 aliphatic heterocycles. The maximum atomic E-state index is 13.7. The van der Waals surface area contributed by atoms with Crippen molar-refractivity contribution in [3.05, 3.63) is 106 Å². The molecule has 6 heteroatoms. The predicted octanol–water partition coefficient (Wildman–Crippen LogP) is 6.27. The van der Waals surface area contributed by atoms with Crippen LogP contribution in [0.3, 0.4) is 0 Å². The standard InChI is InChI=1S/C30H30ClN3O2/c1-30(2)16-24-28(26(35)17-30)29(21-8-4-3-5-9-21)34(25-11-7-6-10-23(25)33-24)19-27(36)32-18-20-12-14-22(31)15-13-20/h3-15,29,33H,16-19H2,1-2H3,(H,32,36)/t29-/m1/s1. The second kappa shape index (κ2) is 9.82. The summed E-state index contributed by atoms with van der Waals surface area (Å²) in [6.45, 7) is 4.78. The highest BCUT2D eigenvalue weighted by Gasteiger charge is 2.41. The number of fused-ring (bicyclic) bond motifs is 1. The maximum absolute atomic E-state index is 13.7. The first-order valence-corrected chi connectivity index (χ1v) is 12.6. The summed E-state index contributed by atoms with van der Waals surface area (Å²) in [5, 5.41) is 7.29. The van der Waals surface area contributed by atoms with Gasteiger partial charge in [0, 0.05) is 29.3 Å². The van der Waals surface area contributed by atoms with Crippen LogP contribution < -0.4 is 15.5 Å². The van der Waals surface area contributed by atoms with Crippen molar-refractivity contribution in [2.24, 2.45) is 5.41 Å². The van der Waals surface area contributed by atoms with E-state index in [0.717, 1.165) is 40.2 Å². The molecule has 0 unspecified atom stereocenters. The van der Waals surface area contributed by atoms with E-state index in [-0.39, 0.29) is 29.7 Å². The topological polar surface area (TPSA) is 61.4 Å². The highest BCUT2D eigenvalue weighted by atomic mass is 35.5. The number of amides is 1. The van der Waals surface area contributed by atoms with Crippen molar-refractivity contribution in [2.75, 3.05) is 16.8 Å². The lowest BCUT2D eigenvalue weighted by atomic mass is 9.73. The number of hydrogen-bond donors (Lipinski definition) is 2. The van der Waals surface area contributed by atoms with E-state index in [1.165, 1.54) is 0 Å². The minimum atomic E-state index is -0.373. The van der Waals surface area contributed by atoms with Crippen LogP contribution in [-0.2, 0) is 16.1 Å². The van der Waals surface area contributed by atoms with Crippen molar-refractivity contribution in [3.63, 3.8) is 0 Å². The van der Waals surface area contributed by atoms with Gasteiger partial charge in [-0.25, -0.2) is 0 Å². The Morgan fingerprint density at radius 2 is 1.69 bits per heavy atom. The second-order valence-electron chi connectivity index (χ2n) is 10.3. The lowest BCUT2D eigenvalue weighted by molar-refractivity contribution is -0.120. The summed E-state index contributed by atoms with van der Waals surface area (Å²) in [7, 11) is 0. The van der Waals surface area contributed by atoms with Crippen LogP contribution in [0.4, 0.5) is 11.4 Å². The van der Waals surface area contributed by atoms with Gasteiger partial charge in [0.2, 0.25) is 5.91 Å². The van der Waals surface area contributed by atoms with Crippen LogP contribution in [0.5, 0.6) is 0 Å². The average Bonchev–Trinajstić information content (AvgIpc) is 2.98. The molecule has 3 aromatic carbocycles. The largest absolute Gasteiger partial charge is 0.357 e. The molecule has 2 aliphatic rings. The zero-order valence-electron chi connectivity index (χ0n) is 20.6. The third kappa shape index (κ3) is 5.02. The van der Waals surface area contributed by atoms with Crippen molar-refractivity contribution in [1.29, 1.82) is 0 Å². The van der Waals surface area contributed by atoms with Gasteiger partial charge in [-0.3, -0.25) is 9.59 Å². The Bertz CT molecular complexity index is 1320. The molecule has 36 heavy (non-hydrogen) atoms. The van der Waals surface area contributed by atoms with Gasteiger partial charge in [-0.1, -0.05) is 80.0 Å². The number of anilines is 2. The lowest BCUT2D eigenvalue weighted by Crippen LogP contribution is -2.41. The SMILES string of the molecule is CC1(C)CC(=O)C2=C(C1)Nc1ccccc1N(CC(=O)NCc1ccc(Cl)cc1)[C@@H]2c1ccccc1. The van der Waals surface area contributed by atoms with Crippen molar-refractivity contribution in [2.45, 2.75) is 39.3 Å². The van der Waals surface area contributed by atoms with E-state index in [1.54, 1.807) is 0 Å². The summed E-state index contributed by atoms with van der Waals surface area (Å²) in [5.74, 6) is 0.00954. The molecule has 3 aromatic rings. The van der Waals surface area contributed by atoms with Gasteiger partial charge in [-0.15, -0.1) is 0 Å². The number of halogens is 1. The lowest BCUT2D eigenvalue weighted by Gasteiger charge is -2.37. The maximum Gasteiger partial charge on any atom is 0.239 e. The van der Waals surface area contributed by atoms with Crippen LogP contribution in [0.25, 0.3) is 0 Å². The molecule has 0 bridgehead atoms. The monoisotopic (exact) mass is 499 g/mol. The molecule has 0 saturated carbocycles. The van der Waals surface area contributed by atoms with Gasteiger partial charge in [0.05, 0.1) is 24.0 Å². The molecular weight excluding hydrogens is 470 g/mol. The number of Topliss-reactive ketones (excluding diaryl/α,β-unsaturated/α-hetero) is 1.